The maximum atomic E-state index is 4.98. The minimum atomic E-state index is 0. The summed E-state index contributed by atoms with van der Waals surface area (Å²) < 4.78 is 2.29. The molecule has 4 fully saturated rings. The first-order valence-corrected chi connectivity index (χ1v) is 25.5. The van der Waals surface area contributed by atoms with Gasteiger partial charge in [0.1, 0.15) is 0 Å². The molecular formula is C45H98Br5Fe2N5. The Morgan fingerprint density at radius 3 is 1.19 bits per heavy atom. The van der Waals surface area contributed by atoms with E-state index in [2.05, 4.69) is 121 Å². The van der Waals surface area contributed by atoms with Gasteiger partial charge in [-0.25, -0.2) is 0 Å². The second kappa shape index (κ2) is 53.3. The molecule has 57 heavy (non-hydrogen) atoms. The number of nitrogens with zero attached hydrogens (tertiary/aromatic N) is 2. The molecule has 0 spiro atoms. The maximum Gasteiger partial charge on any atom is 0.0967 e. The molecule has 4 aliphatic carbocycles. The topological polar surface area (TPSA) is 50.1 Å². The monoisotopic (exact) mass is 1220 g/mol. The third-order valence-corrected chi connectivity index (χ3v) is 11.6. The molecular weight excluding hydrogens is 1120 g/mol. The third kappa shape index (κ3) is 59.0. The summed E-state index contributed by atoms with van der Waals surface area (Å²) in [5, 5.41) is 8.70. The van der Waals surface area contributed by atoms with Crippen molar-refractivity contribution in [1.29, 1.82) is 0 Å². The summed E-state index contributed by atoms with van der Waals surface area (Å²) in [4.78, 5) is 0.639. The Bertz CT molecular complexity index is 708. The van der Waals surface area contributed by atoms with E-state index in [0.717, 1.165) is 53.2 Å². The number of rotatable bonds is 16. The number of hydrogen-bond donors (Lipinski definition) is 3. The van der Waals surface area contributed by atoms with Crippen LogP contribution in [0.5, 0.6) is 0 Å². The first-order valence-electron chi connectivity index (χ1n) is 22.4. The molecule has 0 saturated heterocycles. The molecule has 0 amide bonds. The van der Waals surface area contributed by atoms with Crippen molar-refractivity contribution in [2.24, 2.45) is 17.6 Å². The van der Waals surface area contributed by atoms with Crippen molar-refractivity contribution in [1.82, 2.24) is 10.6 Å². The van der Waals surface area contributed by atoms with Crippen LogP contribution in [0, 0.1) is 11.8 Å². The number of likely N-dealkylation sites (N-methyl/N-ethyl adjacent to an activating group) is 1. The summed E-state index contributed by atoms with van der Waals surface area (Å²) in [6, 6.07) is 1.23. The van der Waals surface area contributed by atoms with Crippen molar-refractivity contribution in [3.8, 4) is 0 Å². The molecule has 0 bridgehead atoms. The molecule has 0 aromatic rings. The predicted octanol–water partition coefficient (Wildman–Crippen LogP) is 6.49. The van der Waals surface area contributed by atoms with Crippen LogP contribution in [0.4, 0.5) is 0 Å². The van der Waals surface area contributed by atoms with Crippen LogP contribution in [0.2, 0.25) is 0 Å². The molecule has 354 valence electrons. The fourth-order valence-corrected chi connectivity index (χ4v) is 8.79. The zero-order chi connectivity index (χ0) is 40.8. The molecule has 1 atom stereocenters. The molecule has 0 aliphatic heterocycles. The standard InChI is InChI=1S/C15H32BrN2.C11H22N.C5H12BrN.2C5H10.C2H6BrN.C2H6.2BrH.2Fe/c1-13(2)17-10-9-15(16)12-18(3,4)11-14-7-5-6-8-14;1-4-9-12(2,3)10-11-7-5-6-8-11;1-5(2)7-4-3-6;2*1-2-4-5-3-1;3-1-2-4;1-2;;;;/h13-15,17H,5-12H2,1-4H3;4,11H,1,5-10H2,2-3H3;5,7H,3-4H2,1-2H3;2*1-5H2;1-2,4H2;1-2H3;2*1H;;/q2*+1;;;;;;;;;/p-2. The second-order valence-corrected chi connectivity index (χ2v) is 20.4. The third-order valence-electron chi connectivity index (χ3n) is 10.0. The first kappa shape index (κ1) is 74.3. The van der Waals surface area contributed by atoms with Crippen molar-refractivity contribution < 1.29 is 77.1 Å². The van der Waals surface area contributed by atoms with Gasteiger partial charge in [0.25, 0.3) is 0 Å². The molecule has 0 heterocycles. The normalized spacial score (nSPS) is 16.5. The quantitative estimate of drug-likeness (QED) is 0.0718. The predicted molar refractivity (Wildman–Crippen MR) is 256 cm³/mol. The van der Waals surface area contributed by atoms with E-state index in [9.17, 15) is 0 Å². The second-order valence-electron chi connectivity index (χ2n) is 17.5. The Morgan fingerprint density at radius 2 is 0.930 bits per heavy atom. The Balaban J connectivity index is -0.000000112. The maximum absolute atomic E-state index is 4.98. The average molecular weight is 1220 g/mol. The minimum Gasteiger partial charge on any atom is -1.00 e. The molecule has 0 aromatic carbocycles. The summed E-state index contributed by atoms with van der Waals surface area (Å²) in [6.07, 6.45) is 29.9. The zero-order valence-electron chi connectivity index (χ0n) is 39.0. The van der Waals surface area contributed by atoms with Gasteiger partial charge in [-0.3, -0.25) is 0 Å². The van der Waals surface area contributed by atoms with Gasteiger partial charge in [-0.2, -0.15) is 0 Å². The summed E-state index contributed by atoms with van der Waals surface area (Å²) in [6.45, 7) is 24.5. The van der Waals surface area contributed by atoms with Crippen LogP contribution >= 0.6 is 47.8 Å². The Hall–Kier alpha value is 2.98. The fraction of sp³-hybridized carbons (Fsp3) is 0.956. The molecule has 1 unspecified atom stereocenters. The first-order chi connectivity index (χ1) is 25.2. The van der Waals surface area contributed by atoms with Gasteiger partial charge in [-0.1, -0.05) is 186 Å². The summed E-state index contributed by atoms with van der Waals surface area (Å²) in [7, 11) is 9.39. The van der Waals surface area contributed by atoms with Crippen LogP contribution in [-0.4, -0.2) is 111 Å². The van der Waals surface area contributed by atoms with Gasteiger partial charge in [-0.05, 0) is 44.7 Å². The van der Waals surface area contributed by atoms with Crippen LogP contribution in [0.1, 0.15) is 164 Å². The molecule has 5 nitrogen and oxygen atoms in total. The largest absolute Gasteiger partial charge is 1.00 e. The van der Waals surface area contributed by atoms with Gasteiger partial charge in [-0.15, -0.1) is 0 Å². The van der Waals surface area contributed by atoms with Gasteiger partial charge < -0.3 is 59.3 Å². The van der Waals surface area contributed by atoms with Crippen LogP contribution in [0.25, 0.3) is 0 Å². The van der Waals surface area contributed by atoms with E-state index in [-0.39, 0.29) is 68.1 Å². The molecule has 0 radical (unpaired) electrons. The smallest absolute Gasteiger partial charge is 0.0967 e. The number of nitrogens with one attached hydrogen (secondary N) is 2. The fourth-order valence-electron chi connectivity index (χ4n) is 7.55. The average Bonchev–Trinajstić information content (AvgIpc) is 3.95. The van der Waals surface area contributed by atoms with Crippen molar-refractivity contribution in [2.75, 3.05) is 84.7 Å². The Labute approximate surface area is 426 Å². The minimum absolute atomic E-state index is 0. The van der Waals surface area contributed by atoms with E-state index in [4.69, 9.17) is 5.73 Å². The Kier molecular flexibility index (Phi) is 69.5. The van der Waals surface area contributed by atoms with Gasteiger partial charge in [0.05, 0.1) is 59.2 Å². The van der Waals surface area contributed by atoms with Crippen molar-refractivity contribution in [2.45, 2.75) is 180 Å². The Morgan fingerprint density at radius 1 is 0.614 bits per heavy atom. The molecule has 12 heteroatoms. The molecule has 4 rings (SSSR count). The van der Waals surface area contributed by atoms with Crippen molar-refractivity contribution in [3.63, 3.8) is 0 Å². The summed E-state index contributed by atoms with van der Waals surface area (Å²) in [5.74, 6) is 1.97. The number of nitrogens with two attached hydrogens (primary N) is 1. The van der Waals surface area contributed by atoms with Crippen LogP contribution in [-0.2, 0) is 34.1 Å². The molecule has 0 aromatic heterocycles. The van der Waals surface area contributed by atoms with E-state index in [1.165, 1.54) is 146 Å². The number of halogens is 5. The van der Waals surface area contributed by atoms with E-state index >= 15 is 0 Å². The van der Waals surface area contributed by atoms with Crippen molar-refractivity contribution >= 4 is 47.8 Å². The number of quaternary nitrogens is 2. The van der Waals surface area contributed by atoms with Gasteiger partial charge in [0.2, 0.25) is 0 Å². The molecule has 4 saturated carbocycles. The van der Waals surface area contributed by atoms with E-state index in [1.54, 1.807) is 0 Å². The van der Waals surface area contributed by atoms with Crippen LogP contribution in [0.3, 0.4) is 0 Å². The van der Waals surface area contributed by atoms with Crippen LogP contribution < -0.4 is 50.3 Å². The van der Waals surface area contributed by atoms with E-state index in [0.29, 0.717) is 16.9 Å². The zero-order valence-corrected chi connectivity index (χ0v) is 49.2. The van der Waals surface area contributed by atoms with Gasteiger partial charge >= 0.3 is 0 Å². The van der Waals surface area contributed by atoms with E-state index < -0.39 is 0 Å². The number of hydrogen-bond acceptors (Lipinski definition) is 3. The summed E-state index contributed by atoms with van der Waals surface area (Å²) in [5.41, 5.74) is 4.98. The van der Waals surface area contributed by atoms with Gasteiger partial charge in [0, 0.05) is 81.8 Å². The summed E-state index contributed by atoms with van der Waals surface area (Å²) >= 11 is 10.3. The number of alkyl halides is 3. The van der Waals surface area contributed by atoms with Crippen molar-refractivity contribution in [3.05, 3.63) is 12.7 Å². The van der Waals surface area contributed by atoms with Gasteiger partial charge in [0.15, 0.2) is 0 Å². The molecule has 4 N–H and O–H groups in total. The van der Waals surface area contributed by atoms with E-state index in [1.807, 2.05) is 19.9 Å². The van der Waals surface area contributed by atoms with Crippen LogP contribution in [0.15, 0.2) is 12.7 Å². The SMILES string of the molecule is C1CCCC1.C1CCCC1.C=CC[N+](C)(C)CC1CCCC1.CC.CC(C)NCCBr.CC(C)NCCC(Br)C[N+](C)(C)CC1CCCC1.NCCBr.[Br-].[Br-].[Fe].[Fe]. The molecule has 4 aliphatic rings.